The minimum Gasteiger partial charge on any atom is -0.480 e. The number of aliphatic carboxylic acids is 1. The quantitative estimate of drug-likeness (QED) is 0.600. The number of carboxylic acids is 1. The van der Waals surface area contributed by atoms with E-state index in [1.54, 1.807) is 12.1 Å². The van der Waals surface area contributed by atoms with Gasteiger partial charge in [-0.25, -0.2) is 13.2 Å². The smallest absolute Gasteiger partial charge is 0.329 e. The van der Waals surface area contributed by atoms with Gasteiger partial charge in [0.15, 0.2) is 0 Å². The van der Waals surface area contributed by atoms with E-state index in [1.807, 2.05) is 0 Å². The summed E-state index contributed by atoms with van der Waals surface area (Å²) in [6.07, 6.45) is 2.89. The summed E-state index contributed by atoms with van der Waals surface area (Å²) < 4.78 is 31.7. The number of hydrogen-bond donors (Lipinski definition) is 2. The van der Waals surface area contributed by atoms with E-state index in [0.29, 0.717) is 18.0 Å². The van der Waals surface area contributed by atoms with Crippen molar-refractivity contribution in [2.75, 3.05) is 32.8 Å². The maximum Gasteiger partial charge on any atom is 0.329 e. The Morgan fingerprint density at radius 3 is 2.64 bits per heavy atom. The number of rotatable bonds is 9. The minimum atomic E-state index is -3.46. The number of thiophene rings is 1. The van der Waals surface area contributed by atoms with Gasteiger partial charge in [0.1, 0.15) is 10.8 Å². The molecule has 0 aromatic carbocycles. The van der Waals surface area contributed by atoms with E-state index in [1.165, 1.54) is 4.31 Å². The average molecular weight is 390 g/mol. The Morgan fingerprint density at radius 2 is 1.96 bits per heavy atom. The van der Waals surface area contributed by atoms with Crippen molar-refractivity contribution in [2.45, 2.75) is 29.9 Å². The van der Waals surface area contributed by atoms with E-state index in [-0.39, 0.29) is 29.7 Å². The highest BCUT2D eigenvalue weighted by Gasteiger charge is 2.27. The fraction of sp³-hybridized carbons (Fsp3) is 0.600. The van der Waals surface area contributed by atoms with Gasteiger partial charge < -0.3 is 15.2 Å². The second-order valence-electron chi connectivity index (χ2n) is 5.66. The lowest BCUT2D eigenvalue weighted by atomic mass is 10.2. The lowest BCUT2D eigenvalue weighted by molar-refractivity contribution is -0.142. The number of carboxylic acid groups (broad SMARTS) is 1. The number of carbonyl (C=O) groups excluding carboxylic acids is 1. The van der Waals surface area contributed by atoms with Crippen LogP contribution in [0.2, 0.25) is 0 Å². The van der Waals surface area contributed by atoms with Crippen LogP contribution >= 0.6 is 11.3 Å². The molecule has 1 fully saturated rings. The topological polar surface area (TPSA) is 113 Å². The summed E-state index contributed by atoms with van der Waals surface area (Å²) in [5.41, 5.74) is 0. The standard InChI is InChI=1S/C15H22N2O6S2/c18-13(16-6-9-23-11-14(19)20)10-12-4-5-15(24-12)25(21,22)17-7-2-1-3-8-17/h4-5H,1-3,6-11H2,(H,16,18)(H,19,20). The summed E-state index contributed by atoms with van der Waals surface area (Å²) in [4.78, 5) is 22.8. The molecule has 10 heteroatoms. The van der Waals surface area contributed by atoms with Crippen LogP contribution in [0, 0.1) is 0 Å². The molecule has 1 aromatic rings. The van der Waals surface area contributed by atoms with Crippen molar-refractivity contribution in [1.82, 2.24) is 9.62 Å². The molecule has 1 amide bonds. The fourth-order valence-corrected chi connectivity index (χ4v) is 5.49. The van der Waals surface area contributed by atoms with E-state index >= 15 is 0 Å². The SMILES string of the molecule is O=C(O)COCCNC(=O)Cc1ccc(S(=O)(=O)N2CCCCC2)s1. The second kappa shape index (κ2) is 9.27. The molecular weight excluding hydrogens is 368 g/mol. The zero-order chi connectivity index (χ0) is 18.3. The molecule has 2 N–H and O–H groups in total. The molecule has 25 heavy (non-hydrogen) atoms. The van der Waals surface area contributed by atoms with Crippen molar-refractivity contribution in [3.63, 3.8) is 0 Å². The molecule has 2 rings (SSSR count). The van der Waals surface area contributed by atoms with Crippen LogP contribution in [-0.2, 0) is 30.8 Å². The third kappa shape index (κ3) is 6.07. The molecule has 1 saturated heterocycles. The molecule has 2 heterocycles. The summed E-state index contributed by atoms with van der Waals surface area (Å²) >= 11 is 1.11. The zero-order valence-electron chi connectivity index (χ0n) is 13.8. The van der Waals surface area contributed by atoms with Gasteiger partial charge in [0.05, 0.1) is 13.0 Å². The minimum absolute atomic E-state index is 0.0825. The Labute approximate surface area is 150 Å². The van der Waals surface area contributed by atoms with Gasteiger partial charge in [-0.15, -0.1) is 11.3 Å². The van der Waals surface area contributed by atoms with Crippen LogP contribution in [0.25, 0.3) is 0 Å². The van der Waals surface area contributed by atoms with Gasteiger partial charge in [-0.3, -0.25) is 4.79 Å². The molecule has 1 aliphatic heterocycles. The normalized spacial score (nSPS) is 15.8. The lowest BCUT2D eigenvalue weighted by Gasteiger charge is -2.25. The summed E-state index contributed by atoms with van der Waals surface area (Å²) in [6, 6.07) is 3.20. The second-order valence-corrected chi connectivity index (χ2v) is 8.99. The predicted molar refractivity (Wildman–Crippen MR) is 92.1 cm³/mol. The number of hydrogen-bond acceptors (Lipinski definition) is 6. The number of ether oxygens (including phenoxy) is 1. The van der Waals surface area contributed by atoms with Crippen LogP contribution in [0.3, 0.4) is 0 Å². The van der Waals surface area contributed by atoms with Gasteiger partial charge in [0.25, 0.3) is 10.0 Å². The first-order valence-electron chi connectivity index (χ1n) is 8.04. The van der Waals surface area contributed by atoms with Crippen molar-refractivity contribution in [1.29, 1.82) is 0 Å². The molecule has 0 aliphatic carbocycles. The first-order chi connectivity index (χ1) is 11.9. The Morgan fingerprint density at radius 1 is 1.24 bits per heavy atom. The highest BCUT2D eigenvalue weighted by molar-refractivity contribution is 7.91. The third-order valence-electron chi connectivity index (χ3n) is 3.68. The number of amides is 1. The zero-order valence-corrected chi connectivity index (χ0v) is 15.4. The van der Waals surface area contributed by atoms with Gasteiger partial charge in [-0.1, -0.05) is 6.42 Å². The van der Waals surface area contributed by atoms with E-state index in [0.717, 1.165) is 30.6 Å². The fourth-order valence-electron chi connectivity index (χ4n) is 2.47. The van der Waals surface area contributed by atoms with Crippen LogP contribution in [-0.4, -0.2) is 62.6 Å². The summed E-state index contributed by atoms with van der Waals surface area (Å²) in [7, 11) is -3.46. The summed E-state index contributed by atoms with van der Waals surface area (Å²) in [6.45, 7) is 1.00. The first kappa shape index (κ1) is 19.8. The van der Waals surface area contributed by atoms with Gasteiger partial charge in [-0.05, 0) is 25.0 Å². The highest BCUT2D eigenvalue weighted by atomic mass is 32.2. The van der Waals surface area contributed by atoms with E-state index in [9.17, 15) is 18.0 Å². The third-order valence-corrected chi connectivity index (χ3v) is 7.13. The molecule has 0 unspecified atom stereocenters. The van der Waals surface area contributed by atoms with Crippen molar-refractivity contribution in [3.05, 3.63) is 17.0 Å². The molecule has 0 atom stereocenters. The molecule has 0 bridgehead atoms. The highest BCUT2D eigenvalue weighted by Crippen LogP contribution is 2.27. The molecular formula is C15H22N2O6S2. The lowest BCUT2D eigenvalue weighted by Crippen LogP contribution is -2.35. The number of carbonyl (C=O) groups is 2. The molecule has 8 nitrogen and oxygen atoms in total. The van der Waals surface area contributed by atoms with Crippen LogP contribution in [0.15, 0.2) is 16.3 Å². The molecule has 140 valence electrons. The van der Waals surface area contributed by atoms with E-state index < -0.39 is 22.6 Å². The van der Waals surface area contributed by atoms with Crippen molar-refractivity contribution < 1.29 is 27.9 Å². The Kier molecular flexibility index (Phi) is 7.36. The van der Waals surface area contributed by atoms with Crippen molar-refractivity contribution in [2.24, 2.45) is 0 Å². The Hall–Kier alpha value is -1.49. The van der Waals surface area contributed by atoms with E-state index in [2.05, 4.69) is 5.32 Å². The largest absolute Gasteiger partial charge is 0.480 e. The van der Waals surface area contributed by atoms with Crippen molar-refractivity contribution in [3.8, 4) is 0 Å². The van der Waals surface area contributed by atoms with Gasteiger partial charge in [0, 0.05) is 24.5 Å². The monoisotopic (exact) mass is 390 g/mol. The first-order valence-corrected chi connectivity index (χ1v) is 10.3. The Balaban J connectivity index is 1.82. The number of sulfonamides is 1. The summed E-state index contributed by atoms with van der Waals surface area (Å²) in [5, 5.41) is 11.0. The van der Waals surface area contributed by atoms with E-state index in [4.69, 9.17) is 9.84 Å². The number of nitrogens with zero attached hydrogens (tertiary/aromatic N) is 1. The van der Waals surface area contributed by atoms with Crippen LogP contribution < -0.4 is 5.32 Å². The van der Waals surface area contributed by atoms with Gasteiger partial charge in [0.2, 0.25) is 5.91 Å². The Bertz CT molecular complexity index is 695. The van der Waals surface area contributed by atoms with Crippen molar-refractivity contribution >= 4 is 33.2 Å². The summed E-state index contributed by atoms with van der Waals surface area (Å²) in [5.74, 6) is -1.32. The average Bonchev–Trinajstić information content (AvgIpc) is 3.04. The number of piperidine rings is 1. The maximum absolute atomic E-state index is 12.6. The molecule has 1 aromatic heterocycles. The van der Waals surface area contributed by atoms with Crippen LogP contribution in [0.4, 0.5) is 0 Å². The molecule has 0 saturated carbocycles. The molecule has 1 aliphatic rings. The predicted octanol–water partition coefficient (Wildman–Crippen LogP) is 0.683. The number of nitrogens with one attached hydrogen (secondary N) is 1. The molecule has 0 spiro atoms. The molecule has 0 radical (unpaired) electrons. The maximum atomic E-state index is 12.6. The van der Waals surface area contributed by atoms with Gasteiger partial charge >= 0.3 is 5.97 Å². The van der Waals surface area contributed by atoms with Crippen LogP contribution in [0.5, 0.6) is 0 Å². The van der Waals surface area contributed by atoms with Gasteiger partial charge in [-0.2, -0.15) is 4.31 Å². The van der Waals surface area contributed by atoms with Crippen LogP contribution in [0.1, 0.15) is 24.1 Å².